The fourth-order valence-electron chi connectivity index (χ4n) is 3.55. The number of benzene rings is 2. The smallest absolute Gasteiger partial charge is 0.270 e. The summed E-state index contributed by atoms with van der Waals surface area (Å²) in [5.74, 6) is -0.242. The number of pyridine rings is 1. The zero-order chi connectivity index (χ0) is 19.7. The molecule has 1 aromatic heterocycles. The molecular formula is C22H21FN4O. The summed E-state index contributed by atoms with van der Waals surface area (Å²) in [6, 6.07) is 15.6. The Hall–Kier alpha value is -3.41. The van der Waals surface area contributed by atoms with Crippen molar-refractivity contribution in [2.45, 2.75) is 25.8 Å². The van der Waals surface area contributed by atoms with Gasteiger partial charge in [-0.1, -0.05) is 29.8 Å². The lowest BCUT2D eigenvalue weighted by atomic mass is 10.1. The van der Waals surface area contributed by atoms with Crippen molar-refractivity contribution < 1.29 is 9.18 Å². The summed E-state index contributed by atoms with van der Waals surface area (Å²) < 4.78 is 13.4. The van der Waals surface area contributed by atoms with E-state index in [1.54, 1.807) is 24.3 Å². The second-order valence-corrected chi connectivity index (χ2v) is 7.16. The lowest BCUT2D eigenvalue weighted by Crippen LogP contribution is -2.35. The summed E-state index contributed by atoms with van der Waals surface area (Å²) in [4.78, 5) is 17.1. The van der Waals surface area contributed by atoms with E-state index in [4.69, 9.17) is 5.73 Å². The summed E-state index contributed by atoms with van der Waals surface area (Å²) in [5, 5.41) is 6.03. The van der Waals surface area contributed by atoms with Crippen LogP contribution in [0.15, 0.2) is 54.6 Å². The van der Waals surface area contributed by atoms with Crippen LogP contribution in [0.1, 0.15) is 27.2 Å². The van der Waals surface area contributed by atoms with E-state index in [1.165, 1.54) is 28.8 Å². The number of nitrogens with one attached hydrogen (secondary N) is 2. The normalized spacial score (nSPS) is 15.1. The van der Waals surface area contributed by atoms with Crippen molar-refractivity contribution in [1.29, 1.82) is 0 Å². The van der Waals surface area contributed by atoms with Crippen LogP contribution in [0.2, 0.25) is 0 Å². The molecule has 0 spiro atoms. The van der Waals surface area contributed by atoms with E-state index < -0.39 is 0 Å². The predicted molar refractivity (Wildman–Crippen MR) is 108 cm³/mol. The van der Waals surface area contributed by atoms with Gasteiger partial charge in [0, 0.05) is 23.5 Å². The van der Waals surface area contributed by atoms with Crippen molar-refractivity contribution in [3.8, 4) is 0 Å². The average molecular weight is 376 g/mol. The van der Waals surface area contributed by atoms with E-state index in [0.29, 0.717) is 17.2 Å². The number of carbonyl (C=O) groups excluding carboxylic acids is 1. The second-order valence-electron chi connectivity index (χ2n) is 7.16. The number of nitrogens with zero attached hydrogens (tertiary/aromatic N) is 1. The number of hydrogen-bond acceptors (Lipinski definition) is 4. The molecule has 0 aliphatic heterocycles. The van der Waals surface area contributed by atoms with E-state index in [2.05, 4.69) is 40.7 Å². The molecule has 0 saturated carbocycles. The summed E-state index contributed by atoms with van der Waals surface area (Å²) in [6.45, 7) is 2.07. The first-order valence-electron chi connectivity index (χ1n) is 9.16. The molecule has 6 heteroatoms. The van der Waals surface area contributed by atoms with Crippen LogP contribution in [-0.2, 0) is 12.8 Å². The highest BCUT2D eigenvalue weighted by Crippen LogP contribution is 2.24. The molecule has 5 nitrogen and oxygen atoms in total. The van der Waals surface area contributed by atoms with Gasteiger partial charge in [-0.25, -0.2) is 9.37 Å². The van der Waals surface area contributed by atoms with Gasteiger partial charge in [0.25, 0.3) is 5.91 Å². The molecule has 0 fully saturated rings. The van der Waals surface area contributed by atoms with Crippen molar-refractivity contribution in [1.82, 2.24) is 10.3 Å². The van der Waals surface area contributed by atoms with Gasteiger partial charge in [-0.2, -0.15) is 0 Å². The summed E-state index contributed by atoms with van der Waals surface area (Å²) in [7, 11) is 0. The molecule has 0 saturated heterocycles. The Morgan fingerprint density at radius 1 is 1.11 bits per heavy atom. The fraction of sp³-hybridized carbons (Fsp3) is 0.182. The number of amides is 1. The predicted octanol–water partition coefficient (Wildman–Crippen LogP) is 3.75. The van der Waals surface area contributed by atoms with Gasteiger partial charge in [-0.15, -0.1) is 0 Å². The Kier molecular flexibility index (Phi) is 4.69. The molecule has 1 amide bonds. The lowest BCUT2D eigenvalue weighted by molar-refractivity contribution is 0.0933. The molecule has 3 aromatic rings. The van der Waals surface area contributed by atoms with Crippen molar-refractivity contribution in [2.75, 3.05) is 11.1 Å². The molecule has 0 bridgehead atoms. The number of hydrogen-bond donors (Lipinski definition) is 3. The minimum absolute atomic E-state index is 0.0344. The van der Waals surface area contributed by atoms with Crippen molar-refractivity contribution in [3.63, 3.8) is 0 Å². The Morgan fingerprint density at radius 2 is 1.93 bits per heavy atom. The number of fused-ring (bicyclic) bond motifs is 1. The van der Waals surface area contributed by atoms with Gasteiger partial charge in [0.15, 0.2) is 0 Å². The monoisotopic (exact) mass is 376 g/mol. The van der Waals surface area contributed by atoms with Crippen LogP contribution in [0.3, 0.4) is 0 Å². The van der Waals surface area contributed by atoms with Crippen LogP contribution in [0.25, 0.3) is 0 Å². The molecular weight excluding hydrogens is 355 g/mol. The average Bonchev–Trinajstić information content (AvgIpc) is 3.02. The van der Waals surface area contributed by atoms with Crippen LogP contribution in [0.5, 0.6) is 0 Å². The fourth-order valence-corrected chi connectivity index (χ4v) is 3.55. The summed E-state index contributed by atoms with van der Waals surface area (Å²) in [5.41, 5.74) is 10.9. The summed E-state index contributed by atoms with van der Waals surface area (Å²) in [6.07, 6.45) is 1.61. The van der Waals surface area contributed by atoms with Gasteiger partial charge >= 0.3 is 0 Å². The highest BCUT2D eigenvalue weighted by atomic mass is 19.1. The third-order valence-electron chi connectivity index (χ3n) is 4.81. The number of aryl methyl sites for hydroxylation is 1. The van der Waals surface area contributed by atoms with Gasteiger partial charge in [-0.05, 0) is 55.2 Å². The Balaban J connectivity index is 1.48. The molecule has 1 atom stereocenters. The van der Waals surface area contributed by atoms with Crippen LogP contribution in [0, 0.1) is 12.7 Å². The largest absolute Gasteiger partial charge is 0.399 e. The van der Waals surface area contributed by atoms with Crippen LogP contribution in [-0.4, -0.2) is 16.9 Å². The van der Waals surface area contributed by atoms with Crippen LogP contribution < -0.4 is 16.4 Å². The molecule has 4 rings (SSSR count). The third-order valence-corrected chi connectivity index (χ3v) is 4.81. The molecule has 2 aromatic carbocycles. The molecule has 0 radical (unpaired) electrons. The minimum atomic E-state index is -0.358. The Bertz CT molecular complexity index is 1050. The van der Waals surface area contributed by atoms with Crippen LogP contribution in [0.4, 0.5) is 21.6 Å². The van der Waals surface area contributed by atoms with Crippen molar-refractivity contribution in [3.05, 3.63) is 82.8 Å². The maximum absolute atomic E-state index is 13.4. The second kappa shape index (κ2) is 7.31. The number of carbonyl (C=O) groups is 1. The Labute approximate surface area is 162 Å². The minimum Gasteiger partial charge on any atom is -0.399 e. The number of halogens is 1. The van der Waals surface area contributed by atoms with E-state index in [9.17, 15) is 9.18 Å². The van der Waals surface area contributed by atoms with E-state index in [0.717, 1.165) is 12.8 Å². The molecule has 1 unspecified atom stereocenters. The molecule has 4 N–H and O–H groups in total. The number of anilines is 3. The van der Waals surface area contributed by atoms with Gasteiger partial charge in [0.2, 0.25) is 0 Å². The highest BCUT2D eigenvalue weighted by Gasteiger charge is 2.24. The first kappa shape index (κ1) is 18.0. The molecule has 1 heterocycles. The number of aromatic nitrogens is 1. The van der Waals surface area contributed by atoms with Gasteiger partial charge in [0.1, 0.15) is 17.3 Å². The Morgan fingerprint density at radius 3 is 2.75 bits per heavy atom. The van der Waals surface area contributed by atoms with Gasteiger partial charge < -0.3 is 16.4 Å². The number of rotatable bonds is 4. The quantitative estimate of drug-likeness (QED) is 0.648. The number of nitrogen functional groups attached to an aromatic ring is 1. The number of nitrogens with two attached hydrogens (primary N) is 1. The molecule has 1 aliphatic rings. The molecule has 142 valence electrons. The van der Waals surface area contributed by atoms with Crippen molar-refractivity contribution >= 4 is 23.1 Å². The maximum atomic E-state index is 13.4. The van der Waals surface area contributed by atoms with Crippen molar-refractivity contribution in [2.24, 2.45) is 0 Å². The zero-order valence-electron chi connectivity index (χ0n) is 15.5. The van der Waals surface area contributed by atoms with Gasteiger partial charge in [-0.3, -0.25) is 4.79 Å². The van der Waals surface area contributed by atoms with E-state index in [1.807, 2.05) is 0 Å². The van der Waals surface area contributed by atoms with E-state index in [-0.39, 0.29) is 23.5 Å². The SMILES string of the molecule is Cc1ccc2c(c1)CC(NC(=O)c1cc(N)cc(Nc3cccc(F)c3)n1)C2. The van der Waals surface area contributed by atoms with Crippen LogP contribution >= 0.6 is 0 Å². The highest BCUT2D eigenvalue weighted by molar-refractivity contribution is 5.94. The van der Waals surface area contributed by atoms with E-state index >= 15 is 0 Å². The summed E-state index contributed by atoms with van der Waals surface area (Å²) >= 11 is 0. The maximum Gasteiger partial charge on any atom is 0.270 e. The third kappa shape index (κ3) is 3.96. The first-order valence-corrected chi connectivity index (χ1v) is 9.16. The molecule has 1 aliphatic carbocycles. The zero-order valence-corrected chi connectivity index (χ0v) is 15.5. The van der Waals surface area contributed by atoms with Gasteiger partial charge in [0.05, 0.1) is 0 Å². The lowest BCUT2D eigenvalue weighted by Gasteiger charge is -2.13. The topological polar surface area (TPSA) is 80.0 Å². The standard InChI is InChI=1S/C22H21FN4O/c1-13-5-6-14-8-19(9-15(14)7-13)26-22(28)20-11-17(24)12-21(27-20)25-18-4-2-3-16(23)10-18/h2-7,10-12,19H,8-9H2,1H3,(H,26,28)(H3,24,25,27). The molecule has 28 heavy (non-hydrogen) atoms. The first-order chi connectivity index (χ1) is 13.5.